The van der Waals surface area contributed by atoms with Gasteiger partial charge in [-0.25, -0.2) is 15.0 Å². The predicted octanol–water partition coefficient (Wildman–Crippen LogP) is 11.8. The lowest BCUT2D eigenvalue weighted by atomic mass is 9.84. The summed E-state index contributed by atoms with van der Waals surface area (Å²) in [7, 11) is 0. The number of dihydropyridines is 1. The Labute approximate surface area is 317 Å². The van der Waals surface area contributed by atoms with E-state index in [2.05, 4.69) is 169 Å². The molecule has 254 valence electrons. The van der Waals surface area contributed by atoms with Crippen molar-refractivity contribution in [2.24, 2.45) is 4.99 Å². The Kier molecular flexibility index (Phi) is 7.17. The van der Waals surface area contributed by atoms with Gasteiger partial charge in [0.05, 0.1) is 23.1 Å². The number of nitrogens with zero attached hydrogens (tertiary/aromatic N) is 5. The molecular formula is C48H31N5S. The molecule has 0 N–H and O–H groups in total. The van der Waals surface area contributed by atoms with Crippen LogP contribution in [0.25, 0.3) is 61.4 Å². The number of fused-ring (bicyclic) bond motifs is 6. The molecule has 2 aliphatic heterocycles. The van der Waals surface area contributed by atoms with Crippen molar-refractivity contribution < 1.29 is 0 Å². The first-order chi connectivity index (χ1) is 26.8. The van der Waals surface area contributed by atoms with Crippen LogP contribution in [0.1, 0.15) is 11.1 Å². The van der Waals surface area contributed by atoms with Crippen molar-refractivity contribution in [1.82, 2.24) is 15.0 Å². The first kappa shape index (κ1) is 30.9. The SMILES string of the molecule is C1=CC2=C(N3c4ccccc4Sc4c(-c5nc(-c6cccc7ccccc67)nc(-c6cccc7ccccc67)n5)cccc43)c3ccccc3CC2N=C1. The van der Waals surface area contributed by atoms with E-state index >= 15 is 0 Å². The maximum atomic E-state index is 5.34. The molecule has 7 aromatic carbocycles. The monoisotopic (exact) mass is 709 g/mol. The second-order valence-corrected chi connectivity index (χ2v) is 14.8. The molecule has 6 heteroatoms. The van der Waals surface area contributed by atoms with Gasteiger partial charge in [0.25, 0.3) is 0 Å². The third kappa shape index (κ3) is 4.95. The summed E-state index contributed by atoms with van der Waals surface area (Å²) in [5, 5.41) is 4.50. The van der Waals surface area contributed by atoms with Crippen molar-refractivity contribution in [3.8, 4) is 34.2 Å². The smallest absolute Gasteiger partial charge is 0.165 e. The van der Waals surface area contributed by atoms with Crippen LogP contribution in [0.4, 0.5) is 11.4 Å². The van der Waals surface area contributed by atoms with E-state index in [-0.39, 0.29) is 6.04 Å². The Bertz CT molecular complexity index is 2820. The van der Waals surface area contributed by atoms with Crippen molar-refractivity contribution in [2.75, 3.05) is 4.90 Å². The highest BCUT2D eigenvalue weighted by molar-refractivity contribution is 8.00. The third-order valence-electron chi connectivity index (χ3n) is 10.7. The van der Waals surface area contributed by atoms with Gasteiger partial charge in [0.2, 0.25) is 0 Å². The van der Waals surface area contributed by atoms with Gasteiger partial charge in [-0.15, -0.1) is 0 Å². The lowest BCUT2D eigenvalue weighted by Crippen LogP contribution is -2.29. The fourth-order valence-electron chi connectivity index (χ4n) is 8.20. The topological polar surface area (TPSA) is 54.3 Å². The zero-order valence-electron chi connectivity index (χ0n) is 29.1. The van der Waals surface area contributed by atoms with Gasteiger partial charge in [0.15, 0.2) is 17.5 Å². The summed E-state index contributed by atoms with van der Waals surface area (Å²) in [6.07, 6.45) is 7.13. The molecule has 1 aliphatic carbocycles. The summed E-state index contributed by atoms with van der Waals surface area (Å²) in [5.74, 6) is 1.94. The molecule has 3 heterocycles. The molecule has 11 rings (SSSR count). The summed E-state index contributed by atoms with van der Waals surface area (Å²) in [5.41, 5.74) is 10.1. The van der Waals surface area contributed by atoms with E-state index < -0.39 is 0 Å². The van der Waals surface area contributed by atoms with Crippen LogP contribution in [0, 0.1) is 0 Å². The van der Waals surface area contributed by atoms with Gasteiger partial charge < -0.3 is 4.90 Å². The largest absolute Gasteiger partial charge is 0.307 e. The Morgan fingerprint density at radius 2 is 1.07 bits per heavy atom. The van der Waals surface area contributed by atoms with Gasteiger partial charge in [0, 0.05) is 43.8 Å². The van der Waals surface area contributed by atoms with E-state index in [1.165, 1.54) is 27.3 Å². The molecule has 0 amide bonds. The first-order valence-corrected chi connectivity index (χ1v) is 19.1. The van der Waals surface area contributed by atoms with Crippen molar-refractivity contribution in [1.29, 1.82) is 0 Å². The van der Waals surface area contributed by atoms with E-state index in [1.54, 1.807) is 11.8 Å². The number of anilines is 2. The van der Waals surface area contributed by atoms with Crippen molar-refractivity contribution in [2.45, 2.75) is 22.3 Å². The molecule has 3 aliphatic rings. The minimum Gasteiger partial charge on any atom is -0.307 e. The minimum absolute atomic E-state index is 0.0586. The van der Waals surface area contributed by atoms with Crippen LogP contribution in [0.2, 0.25) is 0 Å². The molecule has 54 heavy (non-hydrogen) atoms. The van der Waals surface area contributed by atoms with Gasteiger partial charge >= 0.3 is 0 Å². The van der Waals surface area contributed by atoms with Crippen LogP contribution >= 0.6 is 11.8 Å². The normalized spacial score (nSPS) is 15.6. The quantitative estimate of drug-likeness (QED) is 0.182. The minimum atomic E-state index is 0.0586. The standard InChI is InChI=1S/C48H31N5S/c1-4-18-33-30(13-1)16-9-21-36(33)46-50-47(37-22-10-17-31-14-2-5-19-34(31)37)52-48(51-46)39-23-11-26-42-45(39)54-43-27-8-7-25-41(43)53(42)44-35-20-6-3-15-32(35)29-40-38(44)24-12-28-49-40/h1-28,40H,29H2. The summed E-state index contributed by atoms with van der Waals surface area (Å²) in [6.45, 7) is 0. The Morgan fingerprint density at radius 1 is 0.519 bits per heavy atom. The zero-order chi connectivity index (χ0) is 35.6. The number of benzene rings is 7. The van der Waals surface area contributed by atoms with E-state index in [0.29, 0.717) is 17.5 Å². The molecule has 0 saturated heterocycles. The lowest BCUT2D eigenvalue weighted by Gasteiger charge is -2.39. The van der Waals surface area contributed by atoms with Crippen LogP contribution in [-0.2, 0) is 6.42 Å². The Hall–Kier alpha value is -6.63. The van der Waals surface area contributed by atoms with Crippen LogP contribution in [-0.4, -0.2) is 27.2 Å². The van der Waals surface area contributed by atoms with Crippen LogP contribution < -0.4 is 4.90 Å². The first-order valence-electron chi connectivity index (χ1n) is 18.2. The van der Waals surface area contributed by atoms with E-state index in [9.17, 15) is 0 Å². The Balaban J connectivity index is 1.18. The fourth-order valence-corrected chi connectivity index (χ4v) is 9.37. The van der Waals surface area contributed by atoms with Gasteiger partial charge in [-0.1, -0.05) is 145 Å². The molecule has 5 nitrogen and oxygen atoms in total. The summed E-state index contributed by atoms with van der Waals surface area (Å²) in [4.78, 5) is 25.6. The van der Waals surface area contributed by atoms with Gasteiger partial charge in [-0.2, -0.15) is 0 Å². The number of rotatable bonds is 4. The highest BCUT2D eigenvalue weighted by Gasteiger charge is 2.35. The van der Waals surface area contributed by atoms with Crippen molar-refractivity contribution >= 4 is 56.6 Å². The highest BCUT2D eigenvalue weighted by Crippen LogP contribution is 2.55. The molecule has 0 fully saturated rings. The molecule has 0 saturated carbocycles. The van der Waals surface area contributed by atoms with Crippen molar-refractivity contribution in [3.63, 3.8) is 0 Å². The molecule has 0 radical (unpaired) electrons. The third-order valence-corrected chi connectivity index (χ3v) is 11.9. The van der Waals surface area contributed by atoms with Gasteiger partial charge in [-0.3, -0.25) is 4.99 Å². The number of hydrogen-bond acceptors (Lipinski definition) is 6. The predicted molar refractivity (Wildman–Crippen MR) is 222 cm³/mol. The van der Waals surface area contributed by atoms with Gasteiger partial charge in [-0.05, 0) is 63.9 Å². The molecule has 0 spiro atoms. The average Bonchev–Trinajstić information content (AvgIpc) is 3.24. The number of allylic oxidation sites excluding steroid dienone is 1. The summed E-state index contributed by atoms with van der Waals surface area (Å²) < 4.78 is 0. The molecule has 8 aromatic rings. The summed E-state index contributed by atoms with van der Waals surface area (Å²) in [6, 6.07) is 53.6. The number of aliphatic imine (C=N–C) groups is 1. The Morgan fingerprint density at radius 3 is 1.83 bits per heavy atom. The molecule has 0 bridgehead atoms. The fraction of sp³-hybridized carbons (Fsp3) is 0.0417. The molecule has 1 atom stereocenters. The van der Waals surface area contributed by atoms with Gasteiger partial charge in [0.1, 0.15) is 0 Å². The zero-order valence-corrected chi connectivity index (χ0v) is 29.9. The maximum absolute atomic E-state index is 5.34. The molecular weight excluding hydrogens is 679 g/mol. The molecule has 1 aromatic heterocycles. The van der Waals surface area contributed by atoms with Crippen LogP contribution in [0.15, 0.2) is 184 Å². The maximum Gasteiger partial charge on any atom is 0.165 e. The number of aromatic nitrogens is 3. The number of hydrogen-bond donors (Lipinski definition) is 0. The summed E-state index contributed by atoms with van der Waals surface area (Å²) >= 11 is 1.78. The van der Waals surface area contributed by atoms with Crippen LogP contribution in [0.3, 0.4) is 0 Å². The molecule has 1 unspecified atom stereocenters. The van der Waals surface area contributed by atoms with E-state index in [4.69, 9.17) is 19.9 Å². The highest BCUT2D eigenvalue weighted by atomic mass is 32.2. The van der Waals surface area contributed by atoms with E-state index in [0.717, 1.165) is 60.9 Å². The second-order valence-electron chi connectivity index (χ2n) is 13.8. The van der Waals surface area contributed by atoms with Crippen molar-refractivity contribution in [3.05, 3.63) is 181 Å². The number of para-hydroxylation sites is 1. The van der Waals surface area contributed by atoms with Crippen LogP contribution in [0.5, 0.6) is 0 Å². The van der Waals surface area contributed by atoms with E-state index in [1.807, 2.05) is 6.21 Å². The second kappa shape index (κ2) is 12.5. The average molecular weight is 710 g/mol. The lowest BCUT2D eigenvalue weighted by molar-refractivity contribution is 0.766.